The number of hydrogen-bond acceptors (Lipinski definition) is 3. The number of amides is 1. The molecule has 0 saturated heterocycles. The van der Waals surface area contributed by atoms with Gasteiger partial charge in [0, 0.05) is 13.0 Å². The maximum Gasteiger partial charge on any atom is 0.303 e. The molecule has 5 nitrogen and oxygen atoms in total. The fourth-order valence-corrected chi connectivity index (χ4v) is 1.61. The molecule has 0 aliphatic carbocycles. The number of carboxylic acids is 1. The lowest BCUT2D eigenvalue weighted by molar-refractivity contribution is -0.137. The molecule has 0 bridgehead atoms. The Kier molecular flexibility index (Phi) is 5.42. The van der Waals surface area contributed by atoms with Crippen LogP contribution in [-0.2, 0) is 4.79 Å². The maximum atomic E-state index is 11.6. The first-order chi connectivity index (χ1) is 8.49. The fraction of sp³-hybridized carbons (Fsp3) is 0.538. The van der Waals surface area contributed by atoms with E-state index in [1.165, 1.54) is 6.26 Å². The van der Waals surface area contributed by atoms with Gasteiger partial charge in [-0.25, -0.2) is 0 Å². The van der Waals surface area contributed by atoms with Crippen molar-refractivity contribution in [2.75, 3.05) is 6.54 Å². The van der Waals surface area contributed by atoms with Gasteiger partial charge in [-0.2, -0.15) is 0 Å². The van der Waals surface area contributed by atoms with Crippen LogP contribution in [0.4, 0.5) is 0 Å². The summed E-state index contributed by atoms with van der Waals surface area (Å²) < 4.78 is 5.05. The Morgan fingerprint density at radius 2 is 2.17 bits per heavy atom. The SMILES string of the molecule is Cc1cc(C(=O)NCCC(C)CCC(=O)O)co1. The van der Waals surface area contributed by atoms with Gasteiger partial charge in [0.1, 0.15) is 12.0 Å². The van der Waals surface area contributed by atoms with Gasteiger partial charge >= 0.3 is 5.97 Å². The van der Waals surface area contributed by atoms with E-state index in [0.717, 1.165) is 6.42 Å². The van der Waals surface area contributed by atoms with Crippen molar-refractivity contribution in [2.45, 2.75) is 33.1 Å². The molecule has 100 valence electrons. The average molecular weight is 253 g/mol. The lowest BCUT2D eigenvalue weighted by Gasteiger charge is -2.10. The Morgan fingerprint density at radius 1 is 1.44 bits per heavy atom. The molecular formula is C13H19NO4. The van der Waals surface area contributed by atoms with E-state index in [-0.39, 0.29) is 18.2 Å². The minimum atomic E-state index is -0.778. The Bertz CT molecular complexity index is 411. The molecule has 2 N–H and O–H groups in total. The normalized spacial score (nSPS) is 12.1. The van der Waals surface area contributed by atoms with E-state index < -0.39 is 5.97 Å². The van der Waals surface area contributed by atoms with Crippen LogP contribution in [0.3, 0.4) is 0 Å². The van der Waals surface area contributed by atoms with Crippen molar-refractivity contribution in [3.05, 3.63) is 23.7 Å². The third kappa shape index (κ3) is 5.03. The Hall–Kier alpha value is -1.78. The zero-order valence-corrected chi connectivity index (χ0v) is 10.7. The van der Waals surface area contributed by atoms with Crippen LogP contribution in [0.2, 0.25) is 0 Å². The maximum absolute atomic E-state index is 11.6. The minimum absolute atomic E-state index is 0.155. The van der Waals surface area contributed by atoms with Crippen LogP contribution < -0.4 is 5.32 Å². The van der Waals surface area contributed by atoms with Gasteiger partial charge in [0.15, 0.2) is 0 Å². The quantitative estimate of drug-likeness (QED) is 0.780. The molecule has 1 unspecified atom stereocenters. The monoisotopic (exact) mass is 253 g/mol. The second-order valence-electron chi connectivity index (χ2n) is 4.53. The number of rotatable bonds is 7. The highest BCUT2D eigenvalue weighted by Gasteiger charge is 2.09. The number of carbonyl (C=O) groups excluding carboxylic acids is 1. The van der Waals surface area contributed by atoms with Crippen molar-refractivity contribution in [1.82, 2.24) is 5.32 Å². The van der Waals surface area contributed by atoms with E-state index in [0.29, 0.717) is 24.3 Å². The van der Waals surface area contributed by atoms with Crippen molar-refractivity contribution in [2.24, 2.45) is 5.92 Å². The van der Waals surface area contributed by atoms with Crippen molar-refractivity contribution in [1.29, 1.82) is 0 Å². The molecule has 0 aromatic carbocycles. The largest absolute Gasteiger partial charge is 0.481 e. The highest BCUT2D eigenvalue weighted by atomic mass is 16.4. The zero-order chi connectivity index (χ0) is 13.5. The van der Waals surface area contributed by atoms with E-state index in [4.69, 9.17) is 9.52 Å². The number of carbonyl (C=O) groups is 2. The lowest BCUT2D eigenvalue weighted by atomic mass is 10.0. The molecule has 0 aliphatic rings. The van der Waals surface area contributed by atoms with Crippen molar-refractivity contribution < 1.29 is 19.1 Å². The van der Waals surface area contributed by atoms with Crippen molar-refractivity contribution >= 4 is 11.9 Å². The van der Waals surface area contributed by atoms with Crippen molar-refractivity contribution in [3.63, 3.8) is 0 Å². The molecule has 1 aromatic heterocycles. The first-order valence-corrected chi connectivity index (χ1v) is 6.04. The third-order valence-electron chi connectivity index (χ3n) is 2.77. The second kappa shape index (κ2) is 6.83. The van der Waals surface area contributed by atoms with E-state index in [1.807, 2.05) is 6.92 Å². The summed E-state index contributed by atoms with van der Waals surface area (Å²) in [7, 11) is 0. The third-order valence-corrected chi connectivity index (χ3v) is 2.77. The van der Waals surface area contributed by atoms with Crippen LogP contribution in [-0.4, -0.2) is 23.5 Å². The molecule has 18 heavy (non-hydrogen) atoms. The standard InChI is InChI=1S/C13H19NO4/c1-9(3-4-12(15)16)5-6-14-13(17)11-7-10(2)18-8-11/h7-9H,3-6H2,1-2H3,(H,14,17)(H,15,16). The van der Waals surface area contributed by atoms with Gasteiger partial charge in [0.05, 0.1) is 5.56 Å². The zero-order valence-electron chi connectivity index (χ0n) is 10.7. The summed E-state index contributed by atoms with van der Waals surface area (Å²) in [6.45, 7) is 4.31. The van der Waals surface area contributed by atoms with Gasteiger partial charge in [-0.3, -0.25) is 9.59 Å². The van der Waals surface area contributed by atoms with Crippen LogP contribution >= 0.6 is 0 Å². The Morgan fingerprint density at radius 3 is 2.72 bits per heavy atom. The van der Waals surface area contributed by atoms with Crippen molar-refractivity contribution in [3.8, 4) is 0 Å². The molecule has 1 aromatic rings. The first-order valence-electron chi connectivity index (χ1n) is 6.04. The van der Waals surface area contributed by atoms with E-state index in [1.54, 1.807) is 13.0 Å². The highest BCUT2D eigenvalue weighted by Crippen LogP contribution is 2.10. The molecule has 0 spiro atoms. The van der Waals surface area contributed by atoms with Gasteiger partial charge in [-0.1, -0.05) is 6.92 Å². The summed E-state index contributed by atoms with van der Waals surface area (Å²) in [4.78, 5) is 22.0. The van der Waals surface area contributed by atoms with Gasteiger partial charge < -0.3 is 14.8 Å². The predicted molar refractivity (Wildman–Crippen MR) is 66.4 cm³/mol. The number of aliphatic carboxylic acids is 1. The van der Waals surface area contributed by atoms with Crippen LogP contribution in [0.1, 0.15) is 42.3 Å². The molecule has 1 heterocycles. The van der Waals surface area contributed by atoms with E-state index >= 15 is 0 Å². The number of carboxylic acid groups (broad SMARTS) is 1. The summed E-state index contributed by atoms with van der Waals surface area (Å²) in [5.41, 5.74) is 0.519. The topological polar surface area (TPSA) is 79.5 Å². The summed E-state index contributed by atoms with van der Waals surface area (Å²) in [5, 5.41) is 11.3. The summed E-state index contributed by atoms with van der Waals surface area (Å²) in [5.74, 6) is 0.0551. The van der Waals surface area contributed by atoms with Crippen LogP contribution in [0.25, 0.3) is 0 Å². The second-order valence-corrected chi connectivity index (χ2v) is 4.53. The molecule has 0 fully saturated rings. The minimum Gasteiger partial charge on any atom is -0.481 e. The molecule has 1 atom stereocenters. The molecule has 0 aliphatic heterocycles. The summed E-state index contributed by atoms with van der Waals surface area (Å²) in [6, 6.07) is 1.68. The lowest BCUT2D eigenvalue weighted by Crippen LogP contribution is -2.25. The van der Waals surface area contributed by atoms with Gasteiger partial charge in [-0.05, 0) is 31.7 Å². The molecule has 0 radical (unpaired) electrons. The van der Waals surface area contributed by atoms with E-state index in [9.17, 15) is 9.59 Å². The van der Waals surface area contributed by atoms with Gasteiger partial charge in [0.25, 0.3) is 5.91 Å². The van der Waals surface area contributed by atoms with Gasteiger partial charge in [0.2, 0.25) is 0 Å². The molecule has 1 rings (SSSR count). The highest BCUT2D eigenvalue weighted by molar-refractivity contribution is 5.93. The smallest absolute Gasteiger partial charge is 0.303 e. The number of nitrogens with one attached hydrogen (secondary N) is 1. The van der Waals surface area contributed by atoms with Crippen LogP contribution in [0.5, 0.6) is 0 Å². The van der Waals surface area contributed by atoms with Crippen LogP contribution in [0, 0.1) is 12.8 Å². The number of hydrogen-bond donors (Lipinski definition) is 2. The molecule has 0 saturated carbocycles. The summed E-state index contributed by atoms with van der Waals surface area (Å²) >= 11 is 0. The predicted octanol–water partition coefficient (Wildman–Crippen LogP) is 2.21. The molecule has 1 amide bonds. The average Bonchev–Trinajstić information content (AvgIpc) is 2.73. The molecular weight excluding hydrogens is 234 g/mol. The number of aryl methyl sites for hydroxylation is 1. The van der Waals surface area contributed by atoms with E-state index in [2.05, 4.69) is 5.32 Å². The fourth-order valence-electron chi connectivity index (χ4n) is 1.61. The Balaban J connectivity index is 2.21. The van der Waals surface area contributed by atoms with Crippen LogP contribution in [0.15, 0.2) is 16.7 Å². The number of furan rings is 1. The molecule has 5 heteroatoms. The first kappa shape index (κ1) is 14.3. The Labute approximate surface area is 106 Å². The van der Waals surface area contributed by atoms with Gasteiger partial charge in [-0.15, -0.1) is 0 Å². The summed E-state index contributed by atoms with van der Waals surface area (Å²) in [6.07, 6.45) is 3.01.